The van der Waals surface area contributed by atoms with Crippen LogP contribution in [0.5, 0.6) is 0 Å². The van der Waals surface area contributed by atoms with E-state index in [2.05, 4.69) is 104 Å². The van der Waals surface area contributed by atoms with Crippen LogP contribution in [-0.2, 0) is 0 Å². The minimum atomic E-state index is -0.465. The minimum Gasteiger partial charge on any atom is -0.0622 e. The first-order valence-corrected chi connectivity index (χ1v) is 8.88. The zero-order valence-corrected chi connectivity index (χ0v) is 13.6. The summed E-state index contributed by atoms with van der Waals surface area (Å²) in [6.07, 6.45) is 2.25. The Morgan fingerprint density at radius 2 is 1.27 bits per heavy atom. The third kappa shape index (κ3) is 3.72. The fourth-order valence-corrected chi connectivity index (χ4v) is 4.38. The molecule has 22 heavy (non-hydrogen) atoms. The highest BCUT2D eigenvalue weighted by molar-refractivity contribution is 7.75. The highest BCUT2D eigenvalue weighted by atomic mass is 31.1. The molecule has 0 aromatic heterocycles. The molecule has 0 saturated carbocycles. The van der Waals surface area contributed by atoms with Crippen molar-refractivity contribution in [1.29, 1.82) is 0 Å². The Morgan fingerprint density at radius 1 is 0.682 bits per heavy atom. The summed E-state index contributed by atoms with van der Waals surface area (Å²) in [5.74, 6) is 2.36. The van der Waals surface area contributed by atoms with Crippen LogP contribution in [0, 0.1) is 6.92 Å². The van der Waals surface area contributed by atoms with Crippen molar-refractivity contribution < 1.29 is 0 Å². The molecule has 0 bridgehead atoms. The highest BCUT2D eigenvalue weighted by Crippen LogP contribution is 2.35. The van der Waals surface area contributed by atoms with E-state index in [-0.39, 0.29) is 0 Å². The first-order chi connectivity index (χ1) is 10.8. The van der Waals surface area contributed by atoms with Gasteiger partial charge >= 0.3 is 0 Å². The number of aryl methyl sites for hydroxylation is 1. The number of benzene rings is 3. The van der Waals surface area contributed by atoms with E-state index in [4.69, 9.17) is 0 Å². The van der Waals surface area contributed by atoms with Gasteiger partial charge in [0.05, 0.1) is 0 Å². The van der Waals surface area contributed by atoms with Crippen molar-refractivity contribution in [2.45, 2.75) is 6.92 Å². The van der Waals surface area contributed by atoms with Crippen LogP contribution in [0.3, 0.4) is 0 Å². The van der Waals surface area contributed by atoms with Gasteiger partial charge in [-0.3, -0.25) is 0 Å². The van der Waals surface area contributed by atoms with E-state index < -0.39 is 7.92 Å². The van der Waals surface area contributed by atoms with Crippen molar-refractivity contribution in [3.05, 3.63) is 102 Å². The predicted octanol–water partition coefficient (Wildman–Crippen LogP) is 5.10. The Balaban J connectivity index is 1.96. The lowest BCUT2D eigenvalue weighted by molar-refractivity contribution is 1.46. The summed E-state index contributed by atoms with van der Waals surface area (Å²) < 4.78 is 0. The van der Waals surface area contributed by atoms with Gasteiger partial charge in [0.1, 0.15) is 0 Å². The monoisotopic (exact) mass is 302 g/mol. The van der Waals surface area contributed by atoms with Gasteiger partial charge in [0.15, 0.2) is 0 Å². The summed E-state index contributed by atoms with van der Waals surface area (Å²) in [4.78, 5) is 0. The van der Waals surface area contributed by atoms with Gasteiger partial charge in [0.25, 0.3) is 0 Å². The number of rotatable bonds is 4. The molecule has 3 aromatic carbocycles. The van der Waals surface area contributed by atoms with Gasteiger partial charge in [-0.25, -0.2) is 0 Å². The molecule has 0 fully saturated rings. The molecule has 0 heterocycles. The largest absolute Gasteiger partial charge is 0.0622 e. The molecule has 0 amide bonds. The van der Waals surface area contributed by atoms with Gasteiger partial charge in [-0.2, -0.15) is 0 Å². The molecule has 0 nitrogen and oxygen atoms in total. The van der Waals surface area contributed by atoms with Crippen LogP contribution in [0.15, 0.2) is 90.7 Å². The van der Waals surface area contributed by atoms with Crippen molar-refractivity contribution in [2.24, 2.45) is 0 Å². The van der Waals surface area contributed by atoms with E-state index in [0.29, 0.717) is 0 Å². The van der Waals surface area contributed by atoms with Crippen molar-refractivity contribution in [1.82, 2.24) is 0 Å². The maximum atomic E-state index is 2.36. The smallest absolute Gasteiger partial charge is 0.0157 e. The van der Waals surface area contributed by atoms with Crippen LogP contribution in [0.2, 0.25) is 0 Å². The van der Waals surface area contributed by atoms with Crippen LogP contribution in [0.1, 0.15) is 11.1 Å². The normalized spacial score (nSPS) is 11.2. The Morgan fingerprint density at radius 3 is 1.82 bits per heavy atom. The van der Waals surface area contributed by atoms with E-state index >= 15 is 0 Å². The summed E-state index contributed by atoms with van der Waals surface area (Å²) in [7, 11) is -0.465. The molecule has 0 atom stereocenters. The second-order valence-electron chi connectivity index (χ2n) is 5.27. The lowest BCUT2D eigenvalue weighted by Crippen LogP contribution is -2.09. The molecule has 108 valence electrons. The second kappa shape index (κ2) is 7.20. The number of hydrogen-bond donors (Lipinski definition) is 0. The fourth-order valence-electron chi connectivity index (χ4n) is 2.43. The summed E-state index contributed by atoms with van der Waals surface area (Å²) in [5, 5.41) is 2.76. The van der Waals surface area contributed by atoms with E-state index in [1.54, 1.807) is 0 Å². The molecule has 0 aliphatic carbocycles. The van der Waals surface area contributed by atoms with Crippen LogP contribution in [-0.4, -0.2) is 0 Å². The Hall–Kier alpha value is -2.17. The molecule has 0 spiro atoms. The molecule has 3 aromatic rings. The molecule has 0 radical (unpaired) electrons. The van der Waals surface area contributed by atoms with Gasteiger partial charge in [0, 0.05) is 0 Å². The zero-order chi connectivity index (χ0) is 15.2. The lowest BCUT2D eigenvalue weighted by atomic mass is 10.1. The quantitative estimate of drug-likeness (QED) is 0.588. The summed E-state index contributed by atoms with van der Waals surface area (Å²) in [5.41, 5.74) is 2.56. The molecule has 0 aliphatic rings. The maximum absolute atomic E-state index is 2.36. The average molecular weight is 302 g/mol. The van der Waals surface area contributed by atoms with Gasteiger partial charge < -0.3 is 0 Å². The predicted molar refractivity (Wildman–Crippen MR) is 99.3 cm³/mol. The molecule has 0 saturated heterocycles. The second-order valence-corrected chi connectivity index (χ2v) is 7.34. The molecule has 0 N–H and O–H groups in total. The van der Waals surface area contributed by atoms with E-state index in [9.17, 15) is 0 Å². The Labute approximate surface area is 133 Å². The van der Waals surface area contributed by atoms with Gasteiger partial charge in [-0.15, -0.1) is 0 Å². The Bertz CT molecular complexity index is 706. The molecular formula is C21H19P. The van der Waals surface area contributed by atoms with Crippen LogP contribution in [0.25, 0.3) is 6.08 Å². The maximum Gasteiger partial charge on any atom is -0.0157 e. The van der Waals surface area contributed by atoms with Gasteiger partial charge in [-0.1, -0.05) is 102 Å². The first-order valence-electron chi connectivity index (χ1n) is 7.47. The van der Waals surface area contributed by atoms with Crippen LogP contribution >= 0.6 is 7.92 Å². The van der Waals surface area contributed by atoms with E-state index in [0.717, 1.165) is 0 Å². The Kier molecular flexibility index (Phi) is 4.83. The third-order valence-corrected chi connectivity index (χ3v) is 5.68. The molecule has 1 heteroatoms. The summed E-state index contributed by atoms with van der Waals surface area (Å²) in [6, 6.07) is 30.1. The van der Waals surface area contributed by atoms with Crippen molar-refractivity contribution >= 4 is 24.6 Å². The van der Waals surface area contributed by atoms with Crippen molar-refractivity contribution in [3.63, 3.8) is 0 Å². The van der Waals surface area contributed by atoms with Crippen molar-refractivity contribution in [2.75, 3.05) is 0 Å². The standard InChI is InChI=1S/C21H19P/c1-18-9-8-10-19(17-18)15-16-22(20-11-4-2-5-12-20)21-13-6-3-7-14-21/h2-17H,1H3/b16-15-. The van der Waals surface area contributed by atoms with Crippen LogP contribution in [0.4, 0.5) is 0 Å². The van der Waals surface area contributed by atoms with E-state index in [1.807, 2.05) is 0 Å². The van der Waals surface area contributed by atoms with Gasteiger partial charge in [-0.05, 0) is 31.0 Å². The van der Waals surface area contributed by atoms with E-state index in [1.165, 1.54) is 21.7 Å². The van der Waals surface area contributed by atoms with Crippen molar-refractivity contribution in [3.8, 4) is 0 Å². The molecule has 3 rings (SSSR count). The van der Waals surface area contributed by atoms with Crippen LogP contribution < -0.4 is 10.6 Å². The number of hydrogen-bond acceptors (Lipinski definition) is 0. The molecule has 0 unspecified atom stereocenters. The first kappa shape index (κ1) is 14.8. The average Bonchev–Trinajstić information content (AvgIpc) is 2.57. The third-order valence-electron chi connectivity index (χ3n) is 3.53. The molecular weight excluding hydrogens is 283 g/mol. The molecule has 0 aliphatic heterocycles. The summed E-state index contributed by atoms with van der Waals surface area (Å²) in [6.45, 7) is 2.13. The lowest BCUT2D eigenvalue weighted by Gasteiger charge is -2.14. The van der Waals surface area contributed by atoms with Gasteiger partial charge in [0.2, 0.25) is 0 Å². The summed E-state index contributed by atoms with van der Waals surface area (Å²) >= 11 is 0. The topological polar surface area (TPSA) is 0 Å². The zero-order valence-electron chi connectivity index (χ0n) is 12.7. The highest BCUT2D eigenvalue weighted by Gasteiger charge is 2.09. The SMILES string of the molecule is Cc1cccc(/C=C\P(c2ccccc2)c2ccccc2)c1. The minimum absolute atomic E-state index is 0.465. The fraction of sp³-hybridized carbons (Fsp3) is 0.0476.